The van der Waals surface area contributed by atoms with Crippen LogP contribution in [0.25, 0.3) is 0 Å². The van der Waals surface area contributed by atoms with E-state index in [1.165, 1.54) is 29.0 Å². The standard InChI is InChI=1S/C15H25NS/c1-4-13-5-6-14(17-13)10-15(16)8-7-11(2)12(3)9-15/h5-6,11-12H,4,7-10,16H2,1-3H3. The first kappa shape index (κ1) is 13.1. The van der Waals surface area contributed by atoms with E-state index in [-0.39, 0.29) is 5.54 Å². The topological polar surface area (TPSA) is 26.0 Å². The summed E-state index contributed by atoms with van der Waals surface area (Å²) in [5, 5.41) is 0. The zero-order valence-electron chi connectivity index (χ0n) is 11.3. The molecule has 1 nitrogen and oxygen atoms in total. The number of aryl methyl sites for hydroxylation is 1. The number of nitrogens with two attached hydrogens (primary N) is 1. The molecular formula is C15H25NS. The van der Waals surface area contributed by atoms with Gasteiger partial charge in [-0.3, -0.25) is 0 Å². The molecule has 1 aliphatic carbocycles. The molecule has 17 heavy (non-hydrogen) atoms. The van der Waals surface area contributed by atoms with Crippen LogP contribution in [0.15, 0.2) is 12.1 Å². The van der Waals surface area contributed by atoms with Crippen LogP contribution in [-0.2, 0) is 12.8 Å². The van der Waals surface area contributed by atoms with Crippen molar-refractivity contribution in [2.24, 2.45) is 17.6 Å². The third kappa shape index (κ3) is 3.11. The van der Waals surface area contributed by atoms with E-state index in [2.05, 4.69) is 32.9 Å². The van der Waals surface area contributed by atoms with Gasteiger partial charge < -0.3 is 5.73 Å². The van der Waals surface area contributed by atoms with Crippen LogP contribution < -0.4 is 5.73 Å². The van der Waals surface area contributed by atoms with Gasteiger partial charge in [0.05, 0.1) is 0 Å². The van der Waals surface area contributed by atoms with Crippen molar-refractivity contribution in [2.75, 3.05) is 0 Å². The maximum absolute atomic E-state index is 6.60. The highest BCUT2D eigenvalue weighted by atomic mass is 32.1. The second kappa shape index (κ2) is 5.11. The highest BCUT2D eigenvalue weighted by Crippen LogP contribution is 2.37. The lowest BCUT2D eigenvalue weighted by Gasteiger charge is -2.40. The molecule has 1 heterocycles. The van der Waals surface area contributed by atoms with Crippen LogP contribution in [0.2, 0.25) is 0 Å². The third-order valence-electron chi connectivity index (χ3n) is 4.39. The van der Waals surface area contributed by atoms with E-state index in [9.17, 15) is 0 Å². The van der Waals surface area contributed by atoms with Gasteiger partial charge in [-0.1, -0.05) is 20.8 Å². The number of hydrogen-bond donors (Lipinski definition) is 1. The van der Waals surface area contributed by atoms with Gasteiger partial charge in [-0.2, -0.15) is 0 Å². The summed E-state index contributed by atoms with van der Waals surface area (Å²) in [5.41, 5.74) is 6.66. The smallest absolute Gasteiger partial charge is 0.0205 e. The predicted octanol–water partition coefficient (Wildman–Crippen LogP) is 4.01. The minimum Gasteiger partial charge on any atom is -0.325 e. The summed E-state index contributed by atoms with van der Waals surface area (Å²) in [6.07, 6.45) is 5.90. The number of thiophene rings is 1. The van der Waals surface area contributed by atoms with E-state index in [0.29, 0.717) is 0 Å². The molecule has 0 aromatic carbocycles. The quantitative estimate of drug-likeness (QED) is 0.863. The summed E-state index contributed by atoms with van der Waals surface area (Å²) in [7, 11) is 0. The molecule has 1 aromatic heterocycles. The SMILES string of the molecule is CCc1ccc(CC2(N)CCC(C)C(C)C2)s1. The molecule has 1 aliphatic rings. The van der Waals surface area contributed by atoms with Crippen molar-refractivity contribution >= 4 is 11.3 Å². The van der Waals surface area contributed by atoms with Gasteiger partial charge in [0.15, 0.2) is 0 Å². The van der Waals surface area contributed by atoms with Gasteiger partial charge in [0.1, 0.15) is 0 Å². The second-order valence-corrected chi connectivity index (χ2v) is 7.21. The predicted molar refractivity (Wildman–Crippen MR) is 76.5 cm³/mol. The lowest BCUT2D eigenvalue weighted by Crippen LogP contribution is -2.47. The molecule has 2 heteroatoms. The number of hydrogen-bond acceptors (Lipinski definition) is 2. The first-order valence-corrected chi connectivity index (χ1v) is 7.70. The van der Waals surface area contributed by atoms with Gasteiger partial charge in [0, 0.05) is 15.3 Å². The Labute approximate surface area is 109 Å². The Bertz CT molecular complexity index is 371. The van der Waals surface area contributed by atoms with Gasteiger partial charge >= 0.3 is 0 Å². The average Bonchev–Trinajstić information content (AvgIpc) is 2.71. The first-order valence-electron chi connectivity index (χ1n) is 6.89. The third-order valence-corrected chi connectivity index (χ3v) is 5.62. The molecule has 2 N–H and O–H groups in total. The van der Waals surface area contributed by atoms with Gasteiger partial charge in [0.2, 0.25) is 0 Å². The lowest BCUT2D eigenvalue weighted by atomic mass is 9.70. The Balaban J connectivity index is 2.02. The molecular weight excluding hydrogens is 226 g/mol. The fourth-order valence-corrected chi connectivity index (χ4v) is 4.07. The average molecular weight is 251 g/mol. The Morgan fingerprint density at radius 2 is 2.00 bits per heavy atom. The van der Waals surface area contributed by atoms with Crippen LogP contribution in [0, 0.1) is 11.8 Å². The van der Waals surface area contributed by atoms with Crippen LogP contribution in [0.3, 0.4) is 0 Å². The molecule has 1 fully saturated rings. The molecule has 3 unspecified atom stereocenters. The molecule has 0 amide bonds. The number of rotatable bonds is 3. The zero-order chi connectivity index (χ0) is 12.5. The van der Waals surface area contributed by atoms with Crippen molar-refractivity contribution in [3.63, 3.8) is 0 Å². The van der Waals surface area contributed by atoms with Crippen molar-refractivity contribution < 1.29 is 0 Å². The van der Waals surface area contributed by atoms with Crippen LogP contribution in [0.4, 0.5) is 0 Å². The van der Waals surface area contributed by atoms with Crippen LogP contribution in [0.5, 0.6) is 0 Å². The van der Waals surface area contributed by atoms with Crippen molar-refractivity contribution in [2.45, 2.75) is 58.4 Å². The highest BCUT2D eigenvalue weighted by Gasteiger charge is 2.34. The van der Waals surface area contributed by atoms with Crippen molar-refractivity contribution in [1.29, 1.82) is 0 Å². The van der Waals surface area contributed by atoms with E-state index in [4.69, 9.17) is 5.73 Å². The molecule has 1 saturated carbocycles. The Kier molecular flexibility index (Phi) is 3.94. The molecule has 0 aliphatic heterocycles. The lowest BCUT2D eigenvalue weighted by molar-refractivity contribution is 0.176. The van der Waals surface area contributed by atoms with E-state index >= 15 is 0 Å². The summed E-state index contributed by atoms with van der Waals surface area (Å²) in [4.78, 5) is 2.96. The van der Waals surface area contributed by atoms with Gasteiger partial charge in [-0.05, 0) is 56.1 Å². The molecule has 0 radical (unpaired) electrons. The van der Waals surface area contributed by atoms with Crippen molar-refractivity contribution in [1.82, 2.24) is 0 Å². The normalized spacial score (nSPS) is 33.9. The van der Waals surface area contributed by atoms with Crippen molar-refractivity contribution in [3.05, 3.63) is 21.9 Å². The zero-order valence-corrected chi connectivity index (χ0v) is 12.1. The Hall–Kier alpha value is -0.340. The van der Waals surface area contributed by atoms with Crippen LogP contribution in [0.1, 0.15) is 49.8 Å². The fraction of sp³-hybridized carbons (Fsp3) is 0.733. The Morgan fingerprint density at radius 1 is 1.29 bits per heavy atom. The van der Waals surface area contributed by atoms with Gasteiger partial charge in [-0.25, -0.2) is 0 Å². The summed E-state index contributed by atoms with van der Waals surface area (Å²) in [6.45, 7) is 6.94. The summed E-state index contributed by atoms with van der Waals surface area (Å²) < 4.78 is 0. The van der Waals surface area contributed by atoms with Crippen LogP contribution in [-0.4, -0.2) is 5.54 Å². The summed E-state index contributed by atoms with van der Waals surface area (Å²) in [6, 6.07) is 4.54. The maximum atomic E-state index is 6.60. The second-order valence-electron chi connectivity index (χ2n) is 5.96. The van der Waals surface area contributed by atoms with E-state index in [0.717, 1.165) is 24.7 Å². The summed E-state index contributed by atoms with van der Waals surface area (Å²) in [5.74, 6) is 1.63. The van der Waals surface area contributed by atoms with E-state index < -0.39 is 0 Å². The molecule has 1 aromatic rings. The van der Waals surface area contributed by atoms with Gasteiger partial charge in [-0.15, -0.1) is 11.3 Å². The van der Waals surface area contributed by atoms with Crippen molar-refractivity contribution in [3.8, 4) is 0 Å². The fourth-order valence-electron chi connectivity index (χ4n) is 2.96. The monoisotopic (exact) mass is 251 g/mol. The molecule has 3 atom stereocenters. The maximum Gasteiger partial charge on any atom is 0.0205 e. The molecule has 96 valence electrons. The largest absolute Gasteiger partial charge is 0.325 e. The molecule has 0 saturated heterocycles. The minimum absolute atomic E-state index is 0.0573. The minimum atomic E-state index is 0.0573. The Morgan fingerprint density at radius 3 is 2.59 bits per heavy atom. The summed E-state index contributed by atoms with van der Waals surface area (Å²) >= 11 is 1.95. The van der Waals surface area contributed by atoms with E-state index in [1.54, 1.807) is 0 Å². The molecule has 2 rings (SSSR count). The van der Waals surface area contributed by atoms with E-state index in [1.807, 2.05) is 11.3 Å². The highest BCUT2D eigenvalue weighted by molar-refractivity contribution is 7.12. The van der Waals surface area contributed by atoms with Gasteiger partial charge in [0.25, 0.3) is 0 Å². The van der Waals surface area contributed by atoms with Crippen LogP contribution >= 0.6 is 11.3 Å². The molecule has 0 bridgehead atoms. The first-order chi connectivity index (χ1) is 8.02. The molecule has 0 spiro atoms.